The molecule has 106 valence electrons. The van der Waals surface area contributed by atoms with Crippen LogP contribution in [0.1, 0.15) is 38.5 Å². The second-order valence-corrected chi connectivity index (χ2v) is 5.65. The molecule has 1 fully saturated rings. The normalized spacial score (nSPS) is 17.9. The van der Waals surface area contributed by atoms with Crippen LogP contribution in [0.2, 0.25) is 0 Å². The highest BCUT2D eigenvalue weighted by Gasteiger charge is 2.29. The largest absolute Gasteiger partial charge is 0.440 e. The zero-order valence-electron chi connectivity index (χ0n) is 11.7. The molecule has 0 bridgehead atoms. The second kappa shape index (κ2) is 4.90. The van der Waals surface area contributed by atoms with E-state index in [0.717, 1.165) is 35.5 Å². The highest BCUT2D eigenvalue weighted by atomic mass is 16.3. The molecule has 5 nitrogen and oxygen atoms in total. The summed E-state index contributed by atoms with van der Waals surface area (Å²) in [6, 6.07) is 5.35. The fraction of sp³-hybridized carbons (Fsp3) is 0.467. The Balaban J connectivity index is 1.80. The van der Waals surface area contributed by atoms with Crippen molar-refractivity contribution in [3.8, 4) is 0 Å². The molecular weight excluding hydrogens is 254 g/mol. The number of nitrogens with zero attached hydrogens (tertiary/aromatic N) is 1. The first kappa shape index (κ1) is 13.1. The van der Waals surface area contributed by atoms with Crippen LogP contribution < -0.4 is 11.1 Å². The second-order valence-electron chi connectivity index (χ2n) is 5.65. The van der Waals surface area contributed by atoms with E-state index in [0.29, 0.717) is 5.92 Å². The molecule has 1 heterocycles. The summed E-state index contributed by atoms with van der Waals surface area (Å²) in [5, 5.41) is 2.87. The molecule has 0 saturated heterocycles. The number of carbonyl (C=O) groups is 1. The Morgan fingerprint density at radius 1 is 1.45 bits per heavy atom. The summed E-state index contributed by atoms with van der Waals surface area (Å²) in [6.07, 6.45) is 2.31. The number of benzene rings is 1. The first-order valence-corrected chi connectivity index (χ1v) is 7.01. The third-order valence-electron chi connectivity index (χ3n) is 3.80. The predicted molar refractivity (Wildman–Crippen MR) is 77.4 cm³/mol. The van der Waals surface area contributed by atoms with Gasteiger partial charge in [-0.05, 0) is 38.0 Å². The fourth-order valence-electron chi connectivity index (χ4n) is 2.02. The maximum absolute atomic E-state index is 12.0. The summed E-state index contributed by atoms with van der Waals surface area (Å²) in [5.41, 5.74) is 8.02. The zero-order valence-corrected chi connectivity index (χ0v) is 11.7. The van der Waals surface area contributed by atoms with Crippen LogP contribution in [0.25, 0.3) is 11.1 Å². The van der Waals surface area contributed by atoms with Crippen LogP contribution in [0.4, 0.5) is 5.69 Å². The summed E-state index contributed by atoms with van der Waals surface area (Å²) < 4.78 is 5.69. The van der Waals surface area contributed by atoms with Gasteiger partial charge in [-0.15, -0.1) is 0 Å². The first-order valence-electron chi connectivity index (χ1n) is 7.01. The zero-order chi connectivity index (χ0) is 14.3. The van der Waals surface area contributed by atoms with Gasteiger partial charge in [0.1, 0.15) is 5.52 Å². The van der Waals surface area contributed by atoms with Crippen molar-refractivity contribution in [1.82, 2.24) is 4.98 Å². The lowest BCUT2D eigenvalue weighted by atomic mass is 10.0. The van der Waals surface area contributed by atoms with E-state index in [1.165, 1.54) is 0 Å². The Bertz CT molecular complexity index is 644. The quantitative estimate of drug-likeness (QED) is 0.897. The molecular formula is C15H19N3O2. The van der Waals surface area contributed by atoms with E-state index in [2.05, 4.69) is 10.3 Å². The van der Waals surface area contributed by atoms with Crippen molar-refractivity contribution < 1.29 is 9.21 Å². The molecule has 3 N–H and O–H groups in total. The van der Waals surface area contributed by atoms with E-state index in [-0.39, 0.29) is 17.9 Å². The molecule has 1 amide bonds. The van der Waals surface area contributed by atoms with Gasteiger partial charge in [0.05, 0.1) is 5.92 Å². The van der Waals surface area contributed by atoms with Crippen molar-refractivity contribution >= 4 is 22.7 Å². The van der Waals surface area contributed by atoms with E-state index in [9.17, 15) is 4.79 Å². The maximum atomic E-state index is 12.0. The van der Waals surface area contributed by atoms with E-state index >= 15 is 0 Å². The van der Waals surface area contributed by atoms with E-state index in [1.54, 1.807) is 0 Å². The van der Waals surface area contributed by atoms with Crippen molar-refractivity contribution in [1.29, 1.82) is 0 Å². The highest BCUT2D eigenvalue weighted by molar-refractivity contribution is 5.94. The number of nitrogens with one attached hydrogen (secondary N) is 1. The van der Waals surface area contributed by atoms with E-state index in [4.69, 9.17) is 10.2 Å². The Morgan fingerprint density at radius 2 is 2.20 bits per heavy atom. The molecule has 5 heteroatoms. The van der Waals surface area contributed by atoms with Gasteiger partial charge in [-0.25, -0.2) is 4.98 Å². The van der Waals surface area contributed by atoms with Crippen LogP contribution in [0.15, 0.2) is 22.6 Å². The number of carbonyl (C=O) groups excluding carboxylic acids is 1. The lowest BCUT2D eigenvalue weighted by molar-refractivity contribution is -0.119. The minimum Gasteiger partial charge on any atom is -0.440 e. The number of amides is 1. The average molecular weight is 273 g/mol. The summed E-state index contributed by atoms with van der Waals surface area (Å²) in [4.78, 5) is 16.5. The number of nitrogens with two attached hydrogens (primary N) is 1. The summed E-state index contributed by atoms with van der Waals surface area (Å²) in [6.45, 7) is 3.65. The van der Waals surface area contributed by atoms with Crippen LogP contribution in [0.5, 0.6) is 0 Å². The topological polar surface area (TPSA) is 81.2 Å². The lowest BCUT2D eigenvalue weighted by Crippen LogP contribution is -2.34. The number of rotatable bonds is 4. The van der Waals surface area contributed by atoms with E-state index in [1.807, 2.05) is 32.0 Å². The molecule has 0 radical (unpaired) electrons. The highest BCUT2D eigenvalue weighted by Crippen LogP contribution is 2.40. The van der Waals surface area contributed by atoms with Gasteiger partial charge in [0.15, 0.2) is 11.5 Å². The smallest absolute Gasteiger partial charge is 0.228 e. The van der Waals surface area contributed by atoms with Crippen LogP contribution in [0, 0.1) is 5.92 Å². The summed E-state index contributed by atoms with van der Waals surface area (Å²) in [7, 11) is 0. The van der Waals surface area contributed by atoms with E-state index < -0.39 is 0 Å². The SMILES string of the molecule is CC(N)C(C)C(=O)Nc1ccc2oc(C3CC3)nc2c1. The van der Waals surface area contributed by atoms with Gasteiger partial charge in [-0.3, -0.25) is 4.79 Å². The minimum atomic E-state index is -0.231. The van der Waals surface area contributed by atoms with Crippen molar-refractivity contribution in [2.75, 3.05) is 5.32 Å². The van der Waals surface area contributed by atoms with Crippen LogP contribution in [0.3, 0.4) is 0 Å². The lowest BCUT2D eigenvalue weighted by Gasteiger charge is -2.15. The molecule has 1 aromatic heterocycles. The molecule has 1 aliphatic carbocycles. The number of anilines is 1. The number of hydrogen-bond acceptors (Lipinski definition) is 4. The Hall–Kier alpha value is -1.88. The molecule has 20 heavy (non-hydrogen) atoms. The van der Waals surface area contributed by atoms with Crippen molar-refractivity contribution in [2.45, 2.75) is 38.6 Å². The van der Waals surface area contributed by atoms with Gasteiger partial charge in [0.25, 0.3) is 0 Å². The van der Waals surface area contributed by atoms with Gasteiger partial charge in [-0.1, -0.05) is 6.92 Å². The molecule has 1 aromatic carbocycles. The third kappa shape index (κ3) is 2.54. The van der Waals surface area contributed by atoms with Gasteiger partial charge < -0.3 is 15.5 Å². The maximum Gasteiger partial charge on any atom is 0.228 e. The van der Waals surface area contributed by atoms with Crippen LogP contribution in [-0.4, -0.2) is 16.9 Å². The molecule has 0 spiro atoms. The van der Waals surface area contributed by atoms with Crippen molar-refractivity contribution in [3.05, 3.63) is 24.1 Å². The van der Waals surface area contributed by atoms with Gasteiger partial charge in [-0.2, -0.15) is 0 Å². The third-order valence-corrected chi connectivity index (χ3v) is 3.80. The van der Waals surface area contributed by atoms with Gasteiger partial charge in [0.2, 0.25) is 5.91 Å². The fourth-order valence-corrected chi connectivity index (χ4v) is 2.02. The summed E-state index contributed by atoms with van der Waals surface area (Å²) in [5.74, 6) is 0.987. The van der Waals surface area contributed by atoms with Crippen molar-refractivity contribution in [3.63, 3.8) is 0 Å². The molecule has 2 unspecified atom stereocenters. The van der Waals surface area contributed by atoms with Crippen LogP contribution >= 0.6 is 0 Å². The Morgan fingerprint density at radius 3 is 2.85 bits per heavy atom. The van der Waals surface area contributed by atoms with Gasteiger partial charge in [0, 0.05) is 17.6 Å². The molecule has 3 rings (SSSR count). The molecule has 2 atom stereocenters. The van der Waals surface area contributed by atoms with Crippen molar-refractivity contribution in [2.24, 2.45) is 11.7 Å². The molecule has 1 aliphatic rings. The Labute approximate surface area is 117 Å². The molecule has 2 aromatic rings. The molecule has 0 aliphatic heterocycles. The van der Waals surface area contributed by atoms with Crippen LogP contribution in [-0.2, 0) is 4.79 Å². The number of fused-ring (bicyclic) bond motifs is 1. The Kier molecular flexibility index (Phi) is 3.22. The number of oxazole rings is 1. The minimum absolute atomic E-state index is 0.0785. The standard InChI is InChI=1S/C15H19N3O2/c1-8(9(2)16)14(19)17-11-5-6-13-12(7-11)18-15(20-13)10-3-4-10/h5-10H,3-4,16H2,1-2H3,(H,17,19). The average Bonchev–Trinajstić information content (AvgIpc) is 3.17. The summed E-state index contributed by atoms with van der Waals surface area (Å²) >= 11 is 0. The number of hydrogen-bond donors (Lipinski definition) is 2. The predicted octanol–water partition coefficient (Wildman–Crippen LogP) is 2.63. The monoisotopic (exact) mass is 273 g/mol. The number of aromatic nitrogens is 1. The van der Waals surface area contributed by atoms with Gasteiger partial charge >= 0.3 is 0 Å². The first-order chi connectivity index (χ1) is 9.54. The molecule has 1 saturated carbocycles.